The molecule has 1 aromatic carbocycles. The molecular formula is C13H20N2O3. The third-order valence-corrected chi connectivity index (χ3v) is 2.37. The number of hydrogen-bond donors (Lipinski definition) is 2. The van der Waals surface area contributed by atoms with Crippen LogP contribution in [0.1, 0.15) is 24.2 Å². The van der Waals surface area contributed by atoms with Crippen LogP contribution in [0, 0.1) is 0 Å². The number of nitrogen functional groups attached to an aromatic ring is 1. The van der Waals surface area contributed by atoms with E-state index in [1.165, 1.54) is 0 Å². The molecule has 0 aliphatic rings. The molecule has 0 aliphatic carbocycles. The number of hydrogen-bond acceptors (Lipinski definition) is 4. The van der Waals surface area contributed by atoms with Crippen molar-refractivity contribution in [3.05, 3.63) is 23.8 Å². The number of methoxy groups -OCH3 is 1. The van der Waals surface area contributed by atoms with Crippen molar-refractivity contribution in [1.29, 1.82) is 0 Å². The van der Waals surface area contributed by atoms with Crippen molar-refractivity contribution >= 4 is 11.6 Å². The van der Waals surface area contributed by atoms with Gasteiger partial charge in [-0.25, -0.2) is 0 Å². The van der Waals surface area contributed by atoms with Crippen molar-refractivity contribution < 1.29 is 14.3 Å². The Morgan fingerprint density at radius 2 is 2.22 bits per heavy atom. The minimum atomic E-state index is -0.172. The molecule has 0 spiro atoms. The van der Waals surface area contributed by atoms with Gasteiger partial charge in [-0.05, 0) is 32.0 Å². The molecule has 5 nitrogen and oxygen atoms in total. The van der Waals surface area contributed by atoms with Crippen molar-refractivity contribution in [3.8, 4) is 5.75 Å². The van der Waals surface area contributed by atoms with Gasteiger partial charge in [0.05, 0.1) is 18.9 Å². The molecule has 1 aromatic rings. The van der Waals surface area contributed by atoms with E-state index < -0.39 is 0 Å². The summed E-state index contributed by atoms with van der Waals surface area (Å²) in [5.74, 6) is 0.424. The van der Waals surface area contributed by atoms with Gasteiger partial charge in [-0.2, -0.15) is 0 Å². The molecule has 1 atom stereocenters. The molecule has 0 fully saturated rings. The van der Waals surface area contributed by atoms with Crippen molar-refractivity contribution in [2.45, 2.75) is 19.9 Å². The van der Waals surface area contributed by atoms with E-state index in [1.807, 2.05) is 13.8 Å². The maximum Gasteiger partial charge on any atom is 0.251 e. The number of benzene rings is 1. The number of carbonyl (C=O) groups excluding carboxylic acids is 1. The number of nitrogens with two attached hydrogens (primary N) is 1. The van der Waals surface area contributed by atoms with E-state index in [9.17, 15) is 4.79 Å². The smallest absolute Gasteiger partial charge is 0.251 e. The average molecular weight is 252 g/mol. The SMILES string of the molecule is CCOc1ccc(C(=O)NC(C)COC)cc1N. The Balaban J connectivity index is 2.72. The van der Waals surface area contributed by atoms with Gasteiger partial charge in [0.2, 0.25) is 0 Å². The van der Waals surface area contributed by atoms with E-state index in [2.05, 4.69) is 5.32 Å². The minimum Gasteiger partial charge on any atom is -0.492 e. The lowest BCUT2D eigenvalue weighted by atomic mass is 10.1. The molecule has 100 valence electrons. The first-order valence-corrected chi connectivity index (χ1v) is 5.90. The van der Waals surface area contributed by atoms with E-state index in [1.54, 1.807) is 25.3 Å². The topological polar surface area (TPSA) is 73.6 Å². The Morgan fingerprint density at radius 3 is 2.78 bits per heavy atom. The van der Waals surface area contributed by atoms with Crippen LogP contribution in [0.2, 0.25) is 0 Å². The molecule has 18 heavy (non-hydrogen) atoms. The van der Waals surface area contributed by atoms with E-state index in [0.29, 0.717) is 30.2 Å². The van der Waals surface area contributed by atoms with Crippen molar-refractivity contribution in [3.63, 3.8) is 0 Å². The molecule has 0 radical (unpaired) electrons. The first-order valence-electron chi connectivity index (χ1n) is 5.90. The lowest BCUT2D eigenvalue weighted by molar-refractivity contribution is 0.0905. The molecule has 1 rings (SSSR count). The maximum atomic E-state index is 11.9. The summed E-state index contributed by atoms with van der Waals surface area (Å²) >= 11 is 0. The standard InChI is InChI=1S/C13H20N2O3/c1-4-18-12-6-5-10(7-11(12)14)13(16)15-9(2)8-17-3/h5-7,9H,4,8,14H2,1-3H3,(H,15,16). The van der Waals surface area contributed by atoms with Crippen LogP contribution >= 0.6 is 0 Å². The molecule has 0 saturated carbocycles. The number of carbonyl (C=O) groups is 1. The molecule has 1 unspecified atom stereocenters. The lowest BCUT2D eigenvalue weighted by Gasteiger charge is -2.13. The van der Waals surface area contributed by atoms with Gasteiger partial charge >= 0.3 is 0 Å². The second-order valence-electron chi connectivity index (χ2n) is 4.02. The van der Waals surface area contributed by atoms with E-state index in [-0.39, 0.29) is 11.9 Å². The first kappa shape index (κ1) is 14.3. The highest BCUT2D eigenvalue weighted by atomic mass is 16.5. The van der Waals surface area contributed by atoms with Crippen molar-refractivity contribution in [1.82, 2.24) is 5.32 Å². The highest BCUT2D eigenvalue weighted by molar-refractivity contribution is 5.95. The summed E-state index contributed by atoms with van der Waals surface area (Å²) in [5.41, 5.74) is 6.78. The van der Waals surface area contributed by atoms with Crippen LogP contribution in [0.4, 0.5) is 5.69 Å². The Labute approximate surface area is 107 Å². The van der Waals surface area contributed by atoms with Crippen LogP contribution in [0.3, 0.4) is 0 Å². The van der Waals surface area contributed by atoms with Crippen LogP contribution < -0.4 is 15.8 Å². The Hall–Kier alpha value is -1.75. The summed E-state index contributed by atoms with van der Waals surface area (Å²) in [6.07, 6.45) is 0. The molecule has 1 amide bonds. The summed E-state index contributed by atoms with van der Waals surface area (Å²) in [5, 5.41) is 2.82. The zero-order valence-corrected chi connectivity index (χ0v) is 11.0. The van der Waals surface area contributed by atoms with Gasteiger partial charge in [0.1, 0.15) is 5.75 Å². The molecule has 0 heterocycles. The number of anilines is 1. The summed E-state index contributed by atoms with van der Waals surface area (Å²) in [4.78, 5) is 11.9. The van der Waals surface area contributed by atoms with Crippen LogP contribution in [-0.2, 0) is 4.74 Å². The summed E-state index contributed by atoms with van der Waals surface area (Å²) < 4.78 is 10.3. The van der Waals surface area contributed by atoms with Gasteiger partial charge in [0, 0.05) is 18.7 Å². The third kappa shape index (κ3) is 3.92. The zero-order valence-electron chi connectivity index (χ0n) is 11.0. The van der Waals surface area contributed by atoms with Crippen LogP contribution in [0.15, 0.2) is 18.2 Å². The van der Waals surface area contributed by atoms with Crippen molar-refractivity contribution in [2.24, 2.45) is 0 Å². The Morgan fingerprint density at radius 1 is 1.50 bits per heavy atom. The summed E-state index contributed by atoms with van der Waals surface area (Å²) in [7, 11) is 1.59. The minimum absolute atomic E-state index is 0.0460. The summed E-state index contributed by atoms with van der Waals surface area (Å²) in [6, 6.07) is 4.96. The molecule has 0 aromatic heterocycles. The van der Waals surface area contributed by atoms with Crippen LogP contribution in [0.5, 0.6) is 5.75 Å². The molecule has 3 N–H and O–H groups in total. The zero-order chi connectivity index (χ0) is 13.5. The number of rotatable bonds is 6. The highest BCUT2D eigenvalue weighted by Crippen LogP contribution is 2.22. The summed E-state index contributed by atoms with van der Waals surface area (Å²) in [6.45, 7) is 4.77. The molecule has 0 aliphatic heterocycles. The van der Waals surface area contributed by atoms with Gasteiger partial charge in [0.15, 0.2) is 0 Å². The fraction of sp³-hybridized carbons (Fsp3) is 0.462. The number of amides is 1. The van der Waals surface area contributed by atoms with Crippen molar-refractivity contribution in [2.75, 3.05) is 26.1 Å². The molecule has 0 bridgehead atoms. The third-order valence-electron chi connectivity index (χ3n) is 2.37. The Kier molecular flexibility index (Phi) is 5.45. The second-order valence-corrected chi connectivity index (χ2v) is 4.02. The Bertz CT molecular complexity index is 407. The largest absolute Gasteiger partial charge is 0.492 e. The monoisotopic (exact) mass is 252 g/mol. The quantitative estimate of drug-likeness (QED) is 0.751. The normalized spacial score (nSPS) is 11.9. The van der Waals surface area contributed by atoms with Gasteiger partial charge in [-0.15, -0.1) is 0 Å². The van der Waals surface area contributed by atoms with Gasteiger partial charge < -0.3 is 20.5 Å². The van der Waals surface area contributed by atoms with Gasteiger partial charge in [-0.3, -0.25) is 4.79 Å². The molecular weight excluding hydrogens is 232 g/mol. The second kappa shape index (κ2) is 6.86. The average Bonchev–Trinajstić information content (AvgIpc) is 2.32. The predicted octanol–water partition coefficient (Wildman–Crippen LogP) is 1.43. The number of ether oxygens (including phenoxy) is 2. The lowest BCUT2D eigenvalue weighted by Crippen LogP contribution is -2.35. The van der Waals surface area contributed by atoms with E-state index >= 15 is 0 Å². The fourth-order valence-corrected chi connectivity index (χ4v) is 1.58. The van der Waals surface area contributed by atoms with Gasteiger partial charge in [-0.1, -0.05) is 0 Å². The predicted molar refractivity (Wildman–Crippen MR) is 70.8 cm³/mol. The highest BCUT2D eigenvalue weighted by Gasteiger charge is 2.11. The fourth-order valence-electron chi connectivity index (χ4n) is 1.58. The van der Waals surface area contributed by atoms with Crippen LogP contribution in [0.25, 0.3) is 0 Å². The first-order chi connectivity index (χ1) is 8.58. The maximum absolute atomic E-state index is 11.9. The van der Waals surface area contributed by atoms with Crippen LogP contribution in [-0.4, -0.2) is 32.3 Å². The molecule has 5 heteroatoms. The molecule has 0 saturated heterocycles. The van der Waals surface area contributed by atoms with E-state index in [4.69, 9.17) is 15.2 Å². The van der Waals surface area contributed by atoms with E-state index in [0.717, 1.165) is 0 Å². The van der Waals surface area contributed by atoms with Gasteiger partial charge in [0.25, 0.3) is 5.91 Å². The number of nitrogens with one attached hydrogen (secondary N) is 1.